The van der Waals surface area contributed by atoms with Gasteiger partial charge in [0.2, 0.25) is 0 Å². The summed E-state index contributed by atoms with van der Waals surface area (Å²) in [6, 6.07) is 0. The number of hydrogen-bond donors (Lipinski definition) is 0. The molecule has 0 fully saturated rings. The highest BCUT2D eigenvalue weighted by atomic mass is 31.2. The zero-order chi connectivity index (χ0) is 11.2. The summed E-state index contributed by atoms with van der Waals surface area (Å²) in [4.78, 5) is 0. The van der Waals surface area contributed by atoms with E-state index in [-0.39, 0.29) is 13.2 Å². The second kappa shape index (κ2) is 5.70. The molecule has 0 rings (SSSR count). The number of halogens is 3. The Kier molecular flexibility index (Phi) is 5.66. The molecule has 0 amide bonds. The van der Waals surface area contributed by atoms with Crippen molar-refractivity contribution in [2.24, 2.45) is 0 Å². The van der Waals surface area contributed by atoms with E-state index in [0.29, 0.717) is 0 Å². The van der Waals surface area contributed by atoms with Gasteiger partial charge in [-0.2, -0.15) is 13.2 Å². The van der Waals surface area contributed by atoms with Crippen LogP contribution in [0.2, 0.25) is 0 Å². The highest BCUT2D eigenvalue weighted by Crippen LogP contribution is 2.50. The van der Waals surface area contributed by atoms with Crippen molar-refractivity contribution in [3.63, 3.8) is 0 Å². The fourth-order valence-electron chi connectivity index (χ4n) is 0.580. The van der Waals surface area contributed by atoms with E-state index in [2.05, 4.69) is 13.6 Å². The van der Waals surface area contributed by atoms with Crippen LogP contribution in [0.25, 0.3) is 0 Å². The Morgan fingerprint density at radius 1 is 1.07 bits per heavy atom. The molecule has 0 unspecified atom stereocenters. The molecular formula is C6H12F3O4P. The van der Waals surface area contributed by atoms with Crippen LogP contribution in [0.3, 0.4) is 0 Å². The predicted octanol–water partition coefficient (Wildman–Crippen LogP) is 2.75. The molecule has 0 aliphatic rings. The lowest BCUT2D eigenvalue weighted by atomic mass is 10.7. The fraction of sp³-hybridized carbons (Fsp3) is 1.00. The molecule has 0 N–H and O–H groups in total. The summed E-state index contributed by atoms with van der Waals surface area (Å²) >= 11 is 0. The molecule has 0 saturated carbocycles. The van der Waals surface area contributed by atoms with Gasteiger partial charge in [-0.1, -0.05) is 0 Å². The number of phosphoric ester groups is 1. The third-order valence-electron chi connectivity index (χ3n) is 0.961. The van der Waals surface area contributed by atoms with Crippen molar-refractivity contribution in [3.05, 3.63) is 0 Å². The van der Waals surface area contributed by atoms with E-state index in [1.165, 1.54) is 13.8 Å². The topological polar surface area (TPSA) is 44.8 Å². The third kappa shape index (κ3) is 6.37. The molecule has 0 aromatic carbocycles. The quantitative estimate of drug-likeness (QED) is 0.665. The molecule has 0 aromatic rings. The molecule has 8 heteroatoms. The Hall–Kier alpha value is -0.100. The van der Waals surface area contributed by atoms with Crippen LogP contribution in [0.5, 0.6) is 0 Å². The largest absolute Gasteiger partial charge is 0.475 e. The Morgan fingerprint density at radius 3 is 1.79 bits per heavy atom. The lowest BCUT2D eigenvalue weighted by molar-refractivity contribution is -0.158. The molecule has 0 spiro atoms. The maximum absolute atomic E-state index is 11.7. The van der Waals surface area contributed by atoms with E-state index in [1.54, 1.807) is 0 Å². The van der Waals surface area contributed by atoms with E-state index in [1.807, 2.05) is 0 Å². The second-order valence-corrected chi connectivity index (χ2v) is 3.84. The van der Waals surface area contributed by atoms with E-state index < -0.39 is 20.6 Å². The number of phosphoric acid groups is 1. The molecule has 86 valence electrons. The first kappa shape index (κ1) is 13.9. The maximum atomic E-state index is 11.7. The smallest absolute Gasteiger partial charge is 0.287 e. The fourth-order valence-corrected chi connectivity index (χ4v) is 1.74. The predicted molar refractivity (Wildman–Crippen MR) is 42.9 cm³/mol. The Labute approximate surface area is 80.0 Å². The van der Waals surface area contributed by atoms with Crippen LogP contribution >= 0.6 is 7.82 Å². The summed E-state index contributed by atoms with van der Waals surface area (Å²) in [6.45, 7) is 1.21. The summed E-state index contributed by atoms with van der Waals surface area (Å²) in [6.07, 6.45) is -4.55. The van der Waals surface area contributed by atoms with E-state index >= 15 is 0 Å². The molecule has 0 saturated heterocycles. The minimum absolute atomic E-state index is 0.0465. The lowest BCUT2D eigenvalue weighted by Crippen LogP contribution is -2.17. The van der Waals surface area contributed by atoms with Gasteiger partial charge >= 0.3 is 14.0 Å². The highest BCUT2D eigenvalue weighted by molar-refractivity contribution is 7.48. The van der Waals surface area contributed by atoms with Crippen LogP contribution in [0.4, 0.5) is 13.2 Å². The normalized spacial score (nSPS) is 13.2. The molecule has 0 heterocycles. The van der Waals surface area contributed by atoms with Crippen LogP contribution in [0.15, 0.2) is 0 Å². The molecule has 0 radical (unpaired) electrons. The second-order valence-electron chi connectivity index (χ2n) is 2.17. The third-order valence-corrected chi connectivity index (χ3v) is 2.55. The molecule has 0 bridgehead atoms. The Morgan fingerprint density at radius 2 is 1.50 bits per heavy atom. The Bertz CT molecular complexity index is 196. The first-order valence-electron chi connectivity index (χ1n) is 3.93. The van der Waals surface area contributed by atoms with Gasteiger partial charge in [0.1, 0.15) is 0 Å². The molecule has 0 aliphatic carbocycles. The van der Waals surface area contributed by atoms with E-state index in [4.69, 9.17) is 0 Å². The first-order valence-corrected chi connectivity index (χ1v) is 5.39. The molecule has 4 nitrogen and oxygen atoms in total. The SMILES string of the molecule is CCOP(=O)(OCC)OCC(F)(F)F. The van der Waals surface area contributed by atoms with Gasteiger partial charge in [0.15, 0.2) is 6.61 Å². The number of rotatable bonds is 6. The highest BCUT2D eigenvalue weighted by Gasteiger charge is 2.35. The minimum Gasteiger partial charge on any atom is -0.287 e. The summed E-state index contributed by atoms with van der Waals surface area (Å²) in [5.41, 5.74) is 0. The van der Waals surface area contributed by atoms with Crippen molar-refractivity contribution in [1.29, 1.82) is 0 Å². The zero-order valence-corrected chi connectivity index (χ0v) is 8.73. The lowest BCUT2D eigenvalue weighted by Gasteiger charge is -2.17. The van der Waals surface area contributed by atoms with Crippen molar-refractivity contribution in [2.75, 3.05) is 19.8 Å². The van der Waals surface area contributed by atoms with Gasteiger partial charge in [-0.15, -0.1) is 0 Å². The standard InChI is InChI=1S/C6H12F3O4P/c1-3-11-14(10,12-4-2)13-5-6(7,8)9/h3-5H2,1-2H3. The van der Waals surface area contributed by atoms with Crippen LogP contribution in [0, 0.1) is 0 Å². The maximum Gasteiger partial charge on any atom is 0.475 e. The van der Waals surface area contributed by atoms with E-state index in [0.717, 1.165) is 0 Å². The minimum atomic E-state index is -4.55. The average molecular weight is 236 g/mol. The van der Waals surface area contributed by atoms with E-state index in [9.17, 15) is 17.7 Å². The van der Waals surface area contributed by atoms with Gasteiger partial charge < -0.3 is 0 Å². The van der Waals surface area contributed by atoms with Crippen LogP contribution < -0.4 is 0 Å². The first-order chi connectivity index (χ1) is 6.33. The molecule has 0 aliphatic heterocycles. The summed E-state index contributed by atoms with van der Waals surface area (Å²) in [5, 5.41) is 0. The monoisotopic (exact) mass is 236 g/mol. The molecular weight excluding hydrogens is 224 g/mol. The van der Waals surface area contributed by atoms with Crippen molar-refractivity contribution >= 4 is 7.82 Å². The summed E-state index contributed by atoms with van der Waals surface area (Å²) in [5.74, 6) is 0. The summed E-state index contributed by atoms with van der Waals surface area (Å²) in [7, 11) is -4.04. The number of hydrogen-bond acceptors (Lipinski definition) is 4. The molecule has 0 aromatic heterocycles. The zero-order valence-electron chi connectivity index (χ0n) is 7.84. The van der Waals surface area contributed by atoms with Gasteiger partial charge in [0.25, 0.3) is 0 Å². The van der Waals surface area contributed by atoms with Crippen molar-refractivity contribution < 1.29 is 31.3 Å². The molecule has 14 heavy (non-hydrogen) atoms. The Balaban J connectivity index is 4.16. The van der Waals surface area contributed by atoms with Crippen LogP contribution in [0.1, 0.15) is 13.8 Å². The van der Waals surface area contributed by atoms with Gasteiger partial charge in [0, 0.05) is 0 Å². The van der Waals surface area contributed by atoms with Gasteiger partial charge in [-0.25, -0.2) is 4.57 Å². The van der Waals surface area contributed by atoms with Gasteiger partial charge in [-0.3, -0.25) is 13.6 Å². The van der Waals surface area contributed by atoms with Crippen molar-refractivity contribution in [2.45, 2.75) is 20.0 Å². The molecule has 0 atom stereocenters. The van der Waals surface area contributed by atoms with Gasteiger partial charge in [0.05, 0.1) is 13.2 Å². The van der Waals surface area contributed by atoms with Crippen molar-refractivity contribution in [3.8, 4) is 0 Å². The van der Waals surface area contributed by atoms with Crippen LogP contribution in [-0.4, -0.2) is 26.0 Å². The number of alkyl halides is 3. The van der Waals surface area contributed by atoms with Gasteiger partial charge in [-0.05, 0) is 13.8 Å². The average Bonchev–Trinajstić information content (AvgIpc) is 2.01. The summed E-state index contributed by atoms with van der Waals surface area (Å²) < 4.78 is 59.4. The van der Waals surface area contributed by atoms with Crippen LogP contribution in [-0.2, 0) is 18.1 Å². The van der Waals surface area contributed by atoms with Crippen molar-refractivity contribution in [1.82, 2.24) is 0 Å².